The van der Waals surface area contributed by atoms with Gasteiger partial charge in [-0.25, -0.2) is 0 Å². The number of rotatable bonds is 2. The number of sulfonamides is 1. The Morgan fingerprint density at radius 1 is 1.18 bits per heavy atom. The highest BCUT2D eigenvalue weighted by molar-refractivity contribution is 8.29. The quantitative estimate of drug-likeness (QED) is 0.843. The summed E-state index contributed by atoms with van der Waals surface area (Å²) < 4.78 is 28.1. The van der Waals surface area contributed by atoms with Gasteiger partial charge in [0.25, 0.3) is 10.0 Å². The maximum atomic E-state index is 12.0. The zero-order valence-corrected chi connectivity index (χ0v) is 12.6. The van der Waals surface area contributed by atoms with E-state index in [9.17, 15) is 8.42 Å². The summed E-state index contributed by atoms with van der Waals surface area (Å²) in [6.07, 6.45) is 0. The van der Waals surface area contributed by atoms with Crippen LogP contribution in [-0.4, -0.2) is 23.7 Å². The highest BCUT2D eigenvalue weighted by atomic mass is 32.3. The van der Waals surface area contributed by atoms with Crippen molar-refractivity contribution in [2.75, 3.05) is 15.3 Å². The summed E-state index contributed by atoms with van der Waals surface area (Å²) >= 11 is 3.52. The molecule has 0 N–H and O–H groups in total. The molecular weight excluding hydrogens is 294 g/mol. The van der Waals surface area contributed by atoms with E-state index in [1.54, 1.807) is 47.8 Å². The monoisotopic (exact) mass is 307 g/mol. The second-order valence-corrected chi connectivity index (χ2v) is 10.2. The van der Waals surface area contributed by atoms with Gasteiger partial charge >= 0.3 is 0 Å². The Morgan fingerprint density at radius 2 is 1.76 bits per heavy atom. The highest BCUT2D eigenvalue weighted by Gasteiger charge is 2.15. The SMILES string of the molecule is Cc1ccc(S(=O)(=O)N=S2CSCSC2)cc1. The molecule has 0 saturated carbocycles. The predicted molar refractivity (Wildman–Crippen MR) is 77.9 cm³/mol. The van der Waals surface area contributed by atoms with Crippen molar-refractivity contribution in [1.29, 1.82) is 0 Å². The van der Waals surface area contributed by atoms with Crippen molar-refractivity contribution in [3.05, 3.63) is 29.8 Å². The molecule has 1 aromatic rings. The van der Waals surface area contributed by atoms with Crippen molar-refractivity contribution in [1.82, 2.24) is 0 Å². The standard InChI is InChI=1S/C10H13NO2S4/c1-9-2-4-10(5-3-9)17(12,13)11-16-7-14-6-15-8-16/h2-5H,6-8H2,1H3. The van der Waals surface area contributed by atoms with Crippen molar-refractivity contribution in [3.8, 4) is 0 Å². The molecule has 1 saturated heterocycles. The molecule has 1 aliphatic heterocycles. The van der Waals surface area contributed by atoms with Crippen LogP contribution in [0.3, 0.4) is 0 Å². The van der Waals surface area contributed by atoms with Crippen LogP contribution in [0, 0.1) is 6.92 Å². The van der Waals surface area contributed by atoms with Crippen LogP contribution in [0.2, 0.25) is 0 Å². The summed E-state index contributed by atoms with van der Waals surface area (Å²) in [6.45, 7) is 1.93. The first-order chi connectivity index (χ1) is 8.08. The van der Waals surface area contributed by atoms with E-state index >= 15 is 0 Å². The predicted octanol–water partition coefficient (Wildman–Crippen LogP) is 2.84. The molecule has 1 aliphatic rings. The minimum Gasteiger partial charge on any atom is -0.199 e. The molecule has 17 heavy (non-hydrogen) atoms. The van der Waals surface area contributed by atoms with E-state index in [0.29, 0.717) is 4.90 Å². The summed E-state index contributed by atoms with van der Waals surface area (Å²) in [4.78, 5) is 0.302. The molecular formula is C10H13NO2S4. The van der Waals surface area contributed by atoms with Crippen molar-refractivity contribution in [3.63, 3.8) is 0 Å². The summed E-state index contributed by atoms with van der Waals surface area (Å²) in [5.41, 5.74) is 1.05. The van der Waals surface area contributed by atoms with Gasteiger partial charge in [-0.05, 0) is 19.1 Å². The maximum Gasteiger partial charge on any atom is 0.287 e. The Bertz CT molecular complexity index is 514. The van der Waals surface area contributed by atoms with E-state index in [1.807, 2.05) is 6.92 Å². The molecule has 3 nitrogen and oxygen atoms in total. The maximum absolute atomic E-state index is 12.0. The second kappa shape index (κ2) is 5.77. The van der Waals surface area contributed by atoms with Crippen LogP contribution < -0.4 is 0 Å². The Kier molecular flexibility index (Phi) is 4.57. The zero-order valence-electron chi connectivity index (χ0n) is 9.33. The average molecular weight is 307 g/mol. The van der Waals surface area contributed by atoms with Gasteiger partial charge in [0.1, 0.15) is 0 Å². The van der Waals surface area contributed by atoms with Gasteiger partial charge in [0.2, 0.25) is 0 Å². The first kappa shape index (κ1) is 13.5. The van der Waals surface area contributed by atoms with Gasteiger partial charge in [0.05, 0.1) is 15.1 Å². The van der Waals surface area contributed by atoms with Crippen LogP contribution in [0.4, 0.5) is 0 Å². The van der Waals surface area contributed by atoms with E-state index < -0.39 is 10.0 Å². The first-order valence-corrected chi connectivity index (χ1v) is 10.2. The Labute approximate surface area is 113 Å². The largest absolute Gasteiger partial charge is 0.287 e. The summed E-state index contributed by atoms with van der Waals surface area (Å²) in [5, 5.41) is 2.71. The fourth-order valence-corrected chi connectivity index (χ4v) is 9.01. The molecule has 0 aliphatic carbocycles. The summed E-state index contributed by atoms with van der Waals surface area (Å²) in [6, 6.07) is 6.86. The Morgan fingerprint density at radius 3 is 2.35 bits per heavy atom. The molecule has 1 fully saturated rings. The van der Waals surface area contributed by atoms with Crippen LogP contribution in [-0.2, 0) is 20.7 Å². The van der Waals surface area contributed by atoms with E-state index in [1.165, 1.54) is 0 Å². The van der Waals surface area contributed by atoms with Gasteiger partial charge in [-0.1, -0.05) is 28.4 Å². The smallest absolute Gasteiger partial charge is 0.199 e. The minimum absolute atomic E-state index is 0.302. The topological polar surface area (TPSA) is 46.5 Å². The molecule has 2 rings (SSSR count). The molecule has 0 radical (unpaired) electrons. The minimum atomic E-state index is -3.47. The van der Waals surface area contributed by atoms with Crippen molar-refractivity contribution < 1.29 is 8.42 Å². The molecule has 0 spiro atoms. The normalized spacial score (nSPS) is 17.9. The second-order valence-electron chi connectivity index (χ2n) is 3.59. The fraction of sp³-hybridized carbons (Fsp3) is 0.400. The van der Waals surface area contributed by atoms with E-state index in [0.717, 1.165) is 20.8 Å². The third-order valence-electron chi connectivity index (χ3n) is 2.13. The molecule has 0 atom stereocenters. The Hall–Kier alpha value is 0.0200. The molecule has 0 bridgehead atoms. The number of thioether (sulfide) groups is 2. The Balaban J connectivity index is 2.27. The molecule has 7 heteroatoms. The highest BCUT2D eigenvalue weighted by Crippen LogP contribution is 2.24. The van der Waals surface area contributed by atoms with Gasteiger partial charge in [-0.3, -0.25) is 0 Å². The van der Waals surface area contributed by atoms with Crippen molar-refractivity contribution in [2.24, 2.45) is 3.77 Å². The number of nitrogens with zero attached hydrogens (tertiary/aromatic N) is 1. The lowest BCUT2D eigenvalue weighted by atomic mass is 10.2. The van der Waals surface area contributed by atoms with Gasteiger partial charge in [-0.2, -0.15) is 8.42 Å². The van der Waals surface area contributed by atoms with Gasteiger partial charge in [-0.15, -0.1) is 27.3 Å². The molecule has 0 aromatic heterocycles. The third-order valence-corrected chi connectivity index (χ3v) is 9.47. The molecule has 1 heterocycles. The molecule has 0 unspecified atom stereocenters. The van der Waals surface area contributed by atoms with Gasteiger partial charge < -0.3 is 0 Å². The summed E-state index contributed by atoms with van der Waals surface area (Å²) in [7, 11) is -3.82. The fourth-order valence-electron chi connectivity index (χ4n) is 1.29. The average Bonchev–Trinajstić information content (AvgIpc) is 2.30. The number of aryl methyl sites for hydroxylation is 1. The lowest BCUT2D eigenvalue weighted by Crippen LogP contribution is -2.07. The van der Waals surface area contributed by atoms with Crippen molar-refractivity contribution in [2.45, 2.75) is 11.8 Å². The third kappa shape index (κ3) is 3.74. The van der Waals surface area contributed by atoms with Gasteiger partial charge in [0, 0.05) is 5.08 Å². The van der Waals surface area contributed by atoms with E-state index in [4.69, 9.17) is 0 Å². The number of hydrogen-bond acceptors (Lipinski definition) is 4. The molecule has 1 aromatic carbocycles. The van der Waals surface area contributed by atoms with Crippen LogP contribution >= 0.6 is 23.5 Å². The lowest BCUT2D eigenvalue weighted by Gasteiger charge is -2.12. The van der Waals surface area contributed by atoms with Crippen LogP contribution in [0.5, 0.6) is 0 Å². The van der Waals surface area contributed by atoms with Gasteiger partial charge in [0.15, 0.2) is 0 Å². The number of hydrogen-bond donors (Lipinski definition) is 0. The van der Waals surface area contributed by atoms with Crippen LogP contribution in [0.1, 0.15) is 5.56 Å². The first-order valence-electron chi connectivity index (χ1n) is 4.96. The van der Waals surface area contributed by atoms with Crippen LogP contribution in [0.15, 0.2) is 32.9 Å². The van der Waals surface area contributed by atoms with E-state index in [2.05, 4.69) is 3.77 Å². The summed E-state index contributed by atoms with van der Waals surface area (Å²) in [5.74, 6) is 0. The lowest BCUT2D eigenvalue weighted by molar-refractivity contribution is 0.598. The molecule has 0 amide bonds. The number of benzene rings is 1. The van der Waals surface area contributed by atoms with E-state index in [-0.39, 0.29) is 10.7 Å². The zero-order chi connectivity index (χ0) is 12.3. The van der Waals surface area contributed by atoms with Crippen LogP contribution in [0.25, 0.3) is 0 Å². The molecule has 94 valence electrons. The van der Waals surface area contributed by atoms with Crippen molar-refractivity contribution >= 4 is 44.2 Å².